The van der Waals surface area contributed by atoms with Crippen molar-refractivity contribution < 1.29 is 19.1 Å². The van der Waals surface area contributed by atoms with Gasteiger partial charge in [0, 0.05) is 42.5 Å². The molecule has 1 fully saturated rings. The van der Waals surface area contributed by atoms with Crippen LogP contribution in [0.25, 0.3) is 0 Å². The topological polar surface area (TPSA) is 93.9 Å². The average molecular weight is 608 g/mol. The van der Waals surface area contributed by atoms with Gasteiger partial charge in [0.05, 0.1) is 23.7 Å². The van der Waals surface area contributed by atoms with Gasteiger partial charge >= 0.3 is 11.9 Å². The molecule has 2 unspecified atom stereocenters. The zero-order valence-corrected chi connectivity index (χ0v) is 26.8. The first-order chi connectivity index (χ1) is 21.7. The number of likely N-dealkylation sites (tertiary alicyclic amines) is 1. The Morgan fingerprint density at radius 1 is 0.933 bits per heavy atom. The van der Waals surface area contributed by atoms with E-state index in [4.69, 9.17) is 15.2 Å². The van der Waals surface area contributed by atoms with Crippen molar-refractivity contribution in [2.75, 3.05) is 32.0 Å². The minimum atomic E-state index is -0.668. The number of anilines is 1. The van der Waals surface area contributed by atoms with Crippen LogP contribution >= 0.6 is 0 Å². The number of carbonyl (C=O) groups excluding carboxylic acids is 2. The summed E-state index contributed by atoms with van der Waals surface area (Å²) in [6, 6.07) is 28.6. The zero-order chi connectivity index (χ0) is 32.0. The van der Waals surface area contributed by atoms with Crippen molar-refractivity contribution in [1.82, 2.24) is 10.2 Å². The molecule has 2 aliphatic rings. The van der Waals surface area contributed by atoms with E-state index in [2.05, 4.69) is 70.9 Å². The van der Waals surface area contributed by atoms with Gasteiger partial charge in [0.15, 0.2) is 0 Å². The van der Waals surface area contributed by atoms with Crippen molar-refractivity contribution in [3.8, 4) is 0 Å². The Balaban J connectivity index is 1.33. The Morgan fingerprint density at radius 3 is 2.16 bits per heavy atom. The standard InChI is InChI=1S/C38H45N3O4/c1-5-23-44-36(42)33-26(2)40-27(3)34(35(33)30-17-12-18-31(39)24-30)37(43)45-38(4)20-22-41(25-38)21-19-32(28-13-8-6-9-14-28)29-15-10-7-11-16-29/h6-18,24,32,35,40H,5,19-23,25,39H2,1-4H3. The number of allylic oxidation sites excluding steroid dienone is 2. The van der Waals surface area contributed by atoms with E-state index in [0.29, 0.717) is 47.8 Å². The molecule has 45 heavy (non-hydrogen) atoms. The molecule has 0 saturated carbocycles. The van der Waals surface area contributed by atoms with Crippen LogP contribution in [0, 0.1) is 0 Å². The smallest absolute Gasteiger partial charge is 0.337 e. The summed E-state index contributed by atoms with van der Waals surface area (Å²) in [6.45, 7) is 10.3. The molecular weight excluding hydrogens is 562 g/mol. The molecule has 0 aliphatic carbocycles. The normalized spacial score (nSPS) is 20.3. The van der Waals surface area contributed by atoms with Crippen molar-refractivity contribution in [3.05, 3.63) is 124 Å². The number of rotatable bonds is 11. The van der Waals surface area contributed by atoms with Crippen LogP contribution in [-0.2, 0) is 19.1 Å². The van der Waals surface area contributed by atoms with Gasteiger partial charge in [-0.3, -0.25) is 4.90 Å². The second-order valence-electron chi connectivity index (χ2n) is 12.5. The van der Waals surface area contributed by atoms with Crippen LogP contribution in [0.4, 0.5) is 5.69 Å². The molecule has 236 valence electrons. The van der Waals surface area contributed by atoms with Crippen LogP contribution in [0.15, 0.2) is 107 Å². The molecule has 0 spiro atoms. The summed E-state index contributed by atoms with van der Waals surface area (Å²) in [5.74, 6) is -1.26. The molecule has 3 aromatic carbocycles. The van der Waals surface area contributed by atoms with Gasteiger partial charge in [-0.2, -0.15) is 0 Å². The van der Waals surface area contributed by atoms with Crippen molar-refractivity contribution in [3.63, 3.8) is 0 Å². The Labute approximate surface area is 267 Å². The van der Waals surface area contributed by atoms with Gasteiger partial charge in [-0.1, -0.05) is 79.7 Å². The Bertz CT molecular complexity index is 1530. The fourth-order valence-electron chi connectivity index (χ4n) is 6.67. The fraction of sp³-hybridized carbons (Fsp3) is 0.368. The molecule has 7 nitrogen and oxygen atoms in total. The highest BCUT2D eigenvalue weighted by Crippen LogP contribution is 2.41. The van der Waals surface area contributed by atoms with Gasteiger partial charge in [-0.15, -0.1) is 0 Å². The zero-order valence-electron chi connectivity index (χ0n) is 26.8. The summed E-state index contributed by atoms with van der Waals surface area (Å²) in [6.07, 6.45) is 2.38. The third-order valence-electron chi connectivity index (χ3n) is 8.87. The van der Waals surface area contributed by atoms with Crippen LogP contribution in [0.5, 0.6) is 0 Å². The van der Waals surface area contributed by atoms with Crippen LogP contribution in [0.3, 0.4) is 0 Å². The molecule has 2 aliphatic heterocycles. The number of nitrogens with two attached hydrogens (primary N) is 1. The van der Waals surface area contributed by atoms with Crippen LogP contribution < -0.4 is 11.1 Å². The van der Waals surface area contributed by atoms with E-state index >= 15 is 0 Å². The van der Waals surface area contributed by atoms with Crippen molar-refractivity contribution in [2.24, 2.45) is 0 Å². The lowest BCUT2D eigenvalue weighted by Crippen LogP contribution is -2.39. The van der Waals surface area contributed by atoms with Crippen molar-refractivity contribution in [2.45, 2.75) is 64.4 Å². The van der Waals surface area contributed by atoms with E-state index in [9.17, 15) is 9.59 Å². The summed E-state index contributed by atoms with van der Waals surface area (Å²) in [5.41, 5.74) is 11.5. The highest BCUT2D eigenvalue weighted by molar-refractivity contribution is 6.00. The number of benzene rings is 3. The van der Waals surface area contributed by atoms with Gasteiger partial charge in [0.25, 0.3) is 0 Å². The largest absolute Gasteiger partial charge is 0.462 e. The van der Waals surface area contributed by atoms with E-state index < -0.39 is 23.5 Å². The summed E-state index contributed by atoms with van der Waals surface area (Å²) in [7, 11) is 0. The second-order valence-corrected chi connectivity index (χ2v) is 12.5. The van der Waals surface area contributed by atoms with E-state index in [0.717, 1.165) is 31.5 Å². The summed E-state index contributed by atoms with van der Waals surface area (Å²) < 4.78 is 11.9. The number of carbonyl (C=O) groups is 2. The maximum atomic E-state index is 14.1. The SMILES string of the molecule is CCCOC(=O)C1=C(C)NC(C)=C(C(=O)OC2(C)CCN(CCC(c3ccccc3)c3ccccc3)C2)C1c1cccc(N)c1. The summed E-state index contributed by atoms with van der Waals surface area (Å²) in [4.78, 5) is 29.9. The number of dihydropyridines is 1. The molecule has 2 heterocycles. The maximum Gasteiger partial charge on any atom is 0.337 e. The quantitative estimate of drug-likeness (QED) is 0.185. The average Bonchev–Trinajstić information content (AvgIpc) is 3.40. The predicted molar refractivity (Wildman–Crippen MR) is 178 cm³/mol. The highest BCUT2D eigenvalue weighted by Gasteiger charge is 2.42. The molecule has 3 aromatic rings. The third-order valence-corrected chi connectivity index (χ3v) is 8.87. The molecule has 3 N–H and O–H groups in total. The molecule has 0 aromatic heterocycles. The van der Waals surface area contributed by atoms with Crippen molar-refractivity contribution in [1.29, 1.82) is 0 Å². The first-order valence-electron chi connectivity index (χ1n) is 16.0. The maximum absolute atomic E-state index is 14.1. The van der Waals surface area contributed by atoms with E-state index in [1.165, 1.54) is 11.1 Å². The van der Waals surface area contributed by atoms with Gasteiger partial charge in [0.2, 0.25) is 0 Å². The van der Waals surface area contributed by atoms with Crippen LogP contribution in [0.2, 0.25) is 0 Å². The molecule has 1 saturated heterocycles. The fourth-order valence-corrected chi connectivity index (χ4v) is 6.67. The molecule has 0 bridgehead atoms. The van der Waals surface area contributed by atoms with Crippen LogP contribution in [-0.4, -0.2) is 48.7 Å². The summed E-state index contributed by atoms with van der Waals surface area (Å²) in [5, 5.41) is 3.26. The first-order valence-corrected chi connectivity index (χ1v) is 16.0. The number of nitrogen functional groups attached to an aromatic ring is 1. The molecule has 5 rings (SSSR count). The molecular formula is C38H45N3O4. The second kappa shape index (κ2) is 14.2. The summed E-state index contributed by atoms with van der Waals surface area (Å²) >= 11 is 0. The van der Waals surface area contributed by atoms with E-state index in [-0.39, 0.29) is 5.92 Å². The Morgan fingerprint density at radius 2 is 1.56 bits per heavy atom. The van der Waals surface area contributed by atoms with Crippen molar-refractivity contribution >= 4 is 17.6 Å². The Hall–Kier alpha value is -4.36. The molecule has 2 atom stereocenters. The number of hydrogen-bond donors (Lipinski definition) is 2. The highest BCUT2D eigenvalue weighted by atomic mass is 16.6. The van der Waals surface area contributed by atoms with E-state index in [1.807, 2.05) is 45.9 Å². The van der Waals surface area contributed by atoms with E-state index in [1.54, 1.807) is 6.07 Å². The number of ether oxygens (including phenoxy) is 2. The monoisotopic (exact) mass is 607 g/mol. The minimum absolute atomic E-state index is 0.280. The van der Waals surface area contributed by atoms with Gasteiger partial charge in [0.1, 0.15) is 5.60 Å². The number of hydrogen-bond acceptors (Lipinski definition) is 7. The predicted octanol–water partition coefficient (Wildman–Crippen LogP) is 6.69. The van der Waals surface area contributed by atoms with Gasteiger partial charge < -0.3 is 20.5 Å². The van der Waals surface area contributed by atoms with Gasteiger partial charge in [-0.25, -0.2) is 9.59 Å². The number of nitrogens with one attached hydrogen (secondary N) is 1. The lowest BCUT2D eigenvalue weighted by atomic mass is 9.80. The number of nitrogens with zero attached hydrogens (tertiary/aromatic N) is 1. The lowest BCUT2D eigenvalue weighted by molar-refractivity contribution is -0.152. The lowest BCUT2D eigenvalue weighted by Gasteiger charge is -2.33. The molecule has 0 amide bonds. The Kier molecular flexibility index (Phi) is 10.1. The molecule has 7 heteroatoms. The van der Waals surface area contributed by atoms with Crippen LogP contribution in [0.1, 0.15) is 75.5 Å². The van der Waals surface area contributed by atoms with Gasteiger partial charge in [-0.05, 0) is 69.0 Å². The number of esters is 2. The first kappa shape index (κ1) is 32.0. The minimum Gasteiger partial charge on any atom is -0.462 e. The molecule has 0 radical (unpaired) electrons. The third kappa shape index (κ3) is 7.48.